The number of nitrogens with zero attached hydrogens (tertiary/aromatic N) is 4. The van der Waals surface area contributed by atoms with Gasteiger partial charge >= 0.3 is 0 Å². The van der Waals surface area contributed by atoms with Crippen LogP contribution in [-0.2, 0) is 17.8 Å². The first-order valence-electron chi connectivity index (χ1n) is 10.0. The molecule has 1 N–H and O–H groups in total. The average molecular weight is 595 g/mol. The second kappa shape index (κ2) is 11.5. The number of amides is 1. The zero-order valence-corrected chi connectivity index (χ0v) is 22.4. The van der Waals surface area contributed by atoms with Crippen molar-refractivity contribution in [3.8, 4) is 11.4 Å². The first-order valence-corrected chi connectivity index (χ1v) is 13.4. The second-order valence-corrected chi connectivity index (χ2v) is 10.8. The predicted octanol–water partition coefficient (Wildman–Crippen LogP) is 6.98. The van der Waals surface area contributed by atoms with Gasteiger partial charge in [-0.15, -0.1) is 28.1 Å². The van der Waals surface area contributed by atoms with E-state index >= 15 is 0 Å². The minimum atomic E-state index is -0.181. The number of thioether (sulfide) groups is 1. The monoisotopic (exact) mass is 593 g/mol. The molecule has 0 spiro atoms. The van der Waals surface area contributed by atoms with Crippen LogP contribution in [0.2, 0.25) is 10.0 Å². The number of allylic oxidation sites excluding steroid dienone is 1. The molecule has 0 unspecified atom stereocenters. The smallest absolute Gasteiger partial charge is 0.236 e. The fraction of sp³-hybridized carbons (Fsp3) is 0.130. The Hall–Kier alpha value is -2.17. The van der Waals surface area contributed by atoms with Crippen LogP contribution in [0.5, 0.6) is 0 Å². The third kappa shape index (κ3) is 6.09. The highest BCUT2D eigenvalue weighted by molar-refractivity contribution is 9.10. The van der Waals surface area contributed by atoms with Crippen LogP contribution in [0.1, 0.15) is 10.4 Å². The number of anilines is 1. The molecule has 0 bridgehead atoms. The number of thiazole rings is 1. The van der Waals surface area contributed by atoms with Crippen molar-refractivity contribution in [1.82, 2.24) is 19.7 Å². The Labute approximate surface area is 223 Å². The average Bonchev–Trinajstić information content (AvgIpc) is 3.42. The molecule has 0 aliphatic rings. The Morgan fingerprint density at radius 3 is 2.62 bits per heavy atom. The van der Waals surface area contributed by atoms with E-state index in [0.717, 1.165) is 26.3 Å². The van der Waals surface area contributed by atoms with E-state index in [1.54, 1.807) is 24.4 Å². The molecular formula is C23H18BrCl2N5OS2. The SMILES string of the molecule is C=CCn1c(SCC(=O)Nc2ncc(Cc3c(Cl)cccc3Cl)s2)nnc1-c1ccc(Br)cc1. The van der Waals surface area contributed by atoms with Gasteiger partial charge in [0.15, 0.2) is 16.1 Å². The summed E-state index contributed by atoms with van der Waals surface area (Å²) in [5.41, 5.74) is 1.77. The van der Waals surface area contributed by atoms with Crippen LogP contribution in [-0.4, -0.2) is 31.4 Å². The molecular weight excluding hydrogens is 577 g/mol. The largest absolute Gasteiger partial charge is 0.301 e. The fourth-order valence-electron chi connectivity index (χ4n) is 3.11. The van der Waals surface area contributed by atoms with Gasteiger partial charge in [0.05, 0.1) is 5.75 Å². The zero-order valence-electron chi connectivity index (χ0n) is 17.7. The summed E-state index contributed by atoms with van der Waals surface area (Å²) >= 11 is 18.7. The summed E-state index contributed by atoms with van der Waals surface area (Å²) in [5.74, 6) is 0.707. The molecule has 0 aliphatic carbocycles. The van der Waals surface area contributed by atoms with E-state index in [1.807, 2.05) is 34.9 Å². The van der Waals surface area contributed by atoms with Crippen molar-refractivity contribution >= 4 is 73.3 Å². The summed E-state index contributed by atoms with van der Waals surface area (Å²) < 4.78 is 2.92. The standard InChI is InChI=1S/C23H18BrCl2N5OS2/c1-2-10-31-21(14-6-8-15(24)9-7-14)29-30-23(31)33-13-20(32)28-22-27-12-16(34-22)11-17-18(25)4-3-5-19(17)26/h2-9,12H,1,10-11,13H2,(H,27,28,32). The van der Waals surface area contributed by atoms with Gasteiger partial charge in [0.2, 0.25) is 5.91 Å². The fourth-order valence-corrected chi connectivity index (χ4v) is 5.49. The molecule has 0 radical (unpaired) electrons. The Morgan fingerprint density at radius 2 is 1.91 bits per heavy atom. The molecule has 2 aromatic carbocycles. The van der Waals surface area contributed by atoms with Gasteiger partial charge in [0, 0.05) is 44.1 Å². The first-order chi connectivity index (χ1) is 16.4. The van der Waals surface area contributed by atoms with E-state index in [2.05, 4.69) is 43.0 Å². The number of halogens is 3. The van der Waals surface area contributed by atoms with Crippen LogP contribution >= 0.6 is 62.2 Å². The lowest BCUT2D eigenvalue weighted by Gasteiger charge is -2.08. The van der Waals surface area contributed by atoms with E-state index in [0.29, 0.717) is 33.3 Å². The van der Waals surface area contributed by atoms with E-state index in [1.165, 1.54) is 23.1 Å². The van der Waals surface area contributed by atoms with Crippen LogP contribution in [0, 0.1) is 0 Å². The molecule has 2 heterocycles. The van der Waals surface area contributed by atoms with Crippen molar-refractivity contribution in [2.75, 3.05) is 11.1 Å². The normalized spacial score (nSPS) is 10.9. The lowest BCUT2D eigenvalue weighted by atomic mass is 10.1. The van der Waals surface area contributed by atoms with Gasteiger partial charge in [-0.05, 0) is 29.8 Å². The quantitative estimate of drug-likeness (QED) is 0.167. The molecule has 1 amide bonds. The molecule has 4 aromatic rings. The molecule has 0 fully saturated rings. The van der Waals surface area contributed by atoms with Gasteiger partial charge in [-0.1, -0.05) is 75.2 Å². The van der Waals surface area contributed by atoms with Crippen LogP contribution in [0.4, 0.5) is 5.13 Å². The number of benzene rings is 2. The molecule has 0 aliphatic heterocycles. The summed E-state index contributed by atoms with van der Waals surface area (Å²) in [6, 6.07) is 13.2. The third-order valence-corrected chi connectivity index (χ3v) is 7.79. The van der Waals surface area contributed by atoms with Crippen molar-refractivity contribution in [1.29, 1.82) is 0 Å². The maximum Gasteiger partial charge on any atom is 0.236 e. The number of carbonyl (C=O) groups excluding carboxylic acids is 1. The van der Waals surface area contributed by atoms with Crippen LogP contribution in [0.15, 0.2) is 70.9 Å². The van der Waals surface area contributed by atoms with Crippen molar-refractivity contribution in [3.63, 3.8) is 0 Å². The van der Waals surface area contributed by atoms with E-state index in [4.69, 9.17) is 23.2 Å². The van der Waals surface area contributed by atoms with Crippen molar-refractivity contribution in [2.24, 2.45) is 0 Å². The highest BCUT2D eigenvalue weighted by Crippen LogP contribution is 2.30. The van der Waals surface area contributed by atoms with Gasteiger partial charge in [0.1, 0.15) is 0 Å². The predicted molar refractivity (Wildman–Crippen MR) is 144 cm³/mol. The van der Waals surface area contributed by atoms with Crippen LogP contribution in [0.25, 0.3) is 11.4 Å². The maximum atomic E-state index is 12.6. The lowest BCUT2D eigenvalue weighted by molar-refractivity contribution is -0.113. The first kappa shape index (κ1) is 24.9. The Kier molecular flexibility index (Phi) is 8.44. The zero-order chi connectivity index (χ0) is 24.1. The third-order valence-electron chi connectivity index (χ3n) is 4.68. The highest BCUT2D eigenvalue weighted by atomic mass is 79.9. The summed E-state index contributed by atoms with van der Waals surface area (Å²) in [4.78, 5) is 17.8. The van der Waals surface area contributed by atoms with E-state index < -0.39 is 0 Å². The Morgan fingerprint density at radius 1 is 1.18 bits per heavy atom. The number of nitrogens with one attached hydrogen (secondary N) is 1. The minimum Gasteiger partial charge on any atom is -0.301 e. The van der Waals surface area contributed by atoms with Crippen molar-refractivity contribution in [2.45, 2.75) is 18.1 Å². The topological polar surface area (TPSA) is 72.7 Å². The van der Waals surface area contributed by atoms with E-state index in [-0.39, 0.29) is 11.7 Å². The summed E-state index contributed by atoms with van der Waals surface area (Å²) in [5, 5.41) is 13.8. The van der Waals surface area contributed by atoms with Gasteiger partial charge in [-0.25, -0.2) is 4.98 Å². The van der Waals surface area contributed by atoms with Crippen LogP contribution < -0.4 is 5.32 Å². The highest BCUT2D eigenvalue weighted by Gasteiger charge is 2.16. The molecule has 4 rings (SSSR count). The lowest BCUT2D eigenvalue weighted by Crippen LogP contribution is -2.14. The Balaban J connectivity index is 1.39. The molecule has 174 valence electrons. The van der Waals surface area contributed by atoms with E-state index in [9.17, 15) is 4.79 Å². The minimum absolute atomic E-state index is 0.168. The number of carbonyl (C=O) groups is 1. The number of hydrogen-bond donors (Lipinski definition) is 1. The summed E-state index contributed by atoms with van der Waals surface area (Å²) in [6.45, 7) is 4.35. The van der Waals surface area contributed by atoms with Gasteiger partial charge in [-0.2, -0.15) is 0 Å². The maximum absolute atomic E-state index is 12.6. The molecule has 0 atom stereocenters. The molecule has 6 nitrogen and oxygen atoms in total. The molecule has 11 heteroatoms. The Bertz CT molecular complexity index is 1300. The number of rotatable bonds is 9. The van der Waals surface area contributed by atoms with Gasteiger partial charge in [0.25, 0.3) is 0 Å². The molecule has 0 saturated carbocycles. The number of hydrogen-bond acceptors (Lipinski definition) is 6. The van der Waals surface area contributed by atoms with Gasteiger partial charge in [-0.3, -0.25) is 9.36 Å². The van der Waals surface area contributed by atoms with Crippen molar-refractivity contribution < 1.29 is 4.79 Å². The summed E-state index contributed by atoms with van der Waals surface area (Å²) in [6.07, 6.45) is 4.04. The second-order valence-electron chi connectivity index (χ2n) is 7.06. The van der Waals surface area contributed by atoms with Gasteiger partial charge < -0.3 is 5.32 Å². The molecule has 0 saturated heterocycles. The summed E-state index contributed by atoms with van der Waals surface area (Å²) in [7, 11) is 0. The molecule has 2 aromatic heterocycles. The number of aromatic nitrogens is 4. The molecule has 34 heavy (non-hydrogen) atoms. The van der Waals surface area contributed by atoms with Crippen molar-refractivity contribution in [3.05, 3.63) is 86.3 Å². The van der Waals surface area contributed by atoms with Crippen LogP contribution in [0.3, 0.4) is 0 Å².